The molecule has 38 heavy (non-hydrogen) atoms. The predicted molar refractivity (Wildman–Crippen MR) is 138 cm³/mol. The summed E-state index contributed by atoms with van der Waals surface area (Å²) in [6.07, 6.45) is -4.42. The summed E-state index contributed by atoms with van der Waals surface area (Å²) in [5, 5.41) is 4.63. The van der Waals surface area contributed by atoms with Gasteiger partial charge >= 0.3 is 6.18 Å². The number of alkyl halides is 3. The van der Waals surface area contributed by atoms with Gasteiger partial charge < -0.3 is 9.80 Å². The van der Waals surface area contributed by atoms with Crippen LogP contribution in [0.5, 0.6) is 0 Å². The summed E-state index contributed by atoms with van der Waals surface area (Å²) >= 11 is 0. The molecule has 0 N–H and O–H groups in total. The fourth-order valence-electron chi connectivity index (χ4n) is 4.77. The SMILES string of the molecule is Cc1ccc(-n2nc(-c3ccccc3F)cc2C(=O)N2CCN(c3cccc(C(F)(F)F)c3)CC2)c(C)c1. The third kappa shape index (κ3) is 5.01. The van der Waals surface area contributed by atoms with Gasteiger partial charge in [-0.25, -0.2) is 9.07 Å². The Balaban J connectivity index is 1.44. The molecule has 0 radical (unpaired) electrons. The summed E-state index contributed by atoms with van der Waals surface area (Å²) in [5.74, 6) is -0.713. The molecule has 0 atom stereocenters. The van der Waals surface area contributed by atoms with Gasteiger partial charge in [0.25, 0.3) is 5.91 Å². The highest BCUT2D eigenvalue weighted by atomic mass is 19.4. The first kappa shape index (κ1) is 25.5. The van der Waals surface area contributed by atoms with Crippen molar-refractivity contribution < 1.29 is 22.4 Å². The maximum Gasteiger partial charge on any atom is 0.416 e. The lowest BCUT2D eigenvalue weighted by Gasteiger charge is -2.36. The molecule has 2 heterocycles. The van der Waals surface area contributed by atoms with Crippen LogP contribution in [-0.4, -0.2) is 46.8 Å². The number of aromatic nitrogens is 2. The lowest BCUT2D eigenvalue weighted by Crippen LogP contribution is -2.49. The molecule has 4 aromatic rings. The molecule has 0 unspecified atom stereocenters. The second-order valence-corrected chi connectivity index (χ2v) is 9.42. The Kier molecular flexibility index (Phi) is 6.69. The monoisotopic (exact) mass is 522 g/mol. The Labute approximate surface area is 217 Å². The Morgan fingerprint density at radius 1 is 0.868 bits per heavy atom. The molecule has 0 aliphatic carbocycles. The van der Waals surface area contributed by atoms with Crippen LogP contribution in [0.1, 0.15) is 27.2 Å². The number of anilines is 1. The molecule has 3 aromatic carbocycles. The highest BCUT2D eigenvalue weighted by molar-refractivity contribution is 5.94. The number of amides is 1. The molecule has 1 amide bonds. The van der Waals surface area contributed by atoms with Crippen LogP contribution in [0.15, 0.2) is 72.8 Å². The van der Waals surface area contributed by atoms with Crippen molar-refractivity contribution in [1.29, 1.82) is 0 Å². The van der Waals surface area contributed by atoms with E-state index in [0.29, 0.717) is 54.5 Å². The maximum atomic E-state index is 14.6. The van der Waals surface area contributed by atoms with Crippen molar-refractivity contribution in [3.05, 3.63) is 101 Å². The highest BCUT2D eigenvalue weighted by Gasteiger charge is 2.32. The second kappa shape index (κ2) is 9.96. The fourth-order valence-corrected chi connectivity index (χ4v) is 4.77. The summed E-state index contributed by atoms with van der Waals surface area (Å²) < 4.78 is 55.6. The molecule has 0 saturated carbocycles. The molecular formula is C29H26F4N4O. The Morgan fingerprint density at radius 3 is 2.29 bits per heavy atom. The van der Waals surface area contributed by atoms with Crippen LogP contribution in [0.3, 0.4) is 0 Å². The van der Waals surface area contributed by atoms with Gasteiger partial charge in [-0.05, 0) is 61.9 Å². The number of rotatable bonds is 4. The third-order valence-corrected chi connectivity index (χ3v) is 6.76. The molecule has 5 nitrogen and oxygen atoms in total. The van der Waals surface area contributed by atoms with Crippen molar-refractivity contribution in [3.63, 3.8) is 0 Å². The molecule has 0 spiro atoms. The molecule has 196 valence electrons. The van der Waals surface area contributed by atoms with Gasteiger partial charge in [0.05, 0.1) is 16.9 Å². The fraction of sp³-hybridized carbons (Fsp3) is 0.241. The van der Waals surface area contributed by atoms with Gasteiger partial charge in [0.1, 0.15) is 11.5 Å². The van der Waals surface area contributed by atoms with Crippen molar-refractivity contribution in [1.82, 2.24) is 14.7 Å². The number of halogens is 4. The average Bonchev–Trinajstić information content (AvgIpc) is 3.33. The molecular weight excluding hydrogens is 496 g/mol. The normalized spacial score (nSPS) is 14.2. The van der Waals surface area contributed by atoms with Crippen molar-refractivity contribution in [2.75, 3.05) is 31.1 Å². The van der Waals surface area contributed by atoms with E-state index in [1.54, 1.807) is 39.9 Å². The van der Waals surface area contributed by atoms with Gasteiger partial charge in [-0.1, -0.05) is 35.9 Å². The summed E-state index contributed by atoms with van der Waals surface area (Å²) in [6.45, 7) is 5.30. The van der Waals surface area contributed by atoms with Crippen molar-refractivity contribution in [2.24, 2.45) is 0 Å². The summed E-state index contributed by atoms with van der Waals surface area (Å²) in [5.41, 5.74) is 3.38. The minimum Gasteiger partial charge on any atom is -0.368 e. The lowest BCUT2D eigenvalue weighted by molar-refractivity contribution is -0.137. The number of aryl methyl sites for hydroxylation is 2. The number of hydrogen-bond acceptors (Lipinski definition) is 3. The maximum absolute atomic E-state index is 14.6. The van der Waals surface area contributed by atoms with Gasteiger partial charge in [-0.2, -0.15) is 18.3 Å². The van der Waals surface area contributed by atoms with Crippen LogP contribution >= 0.6 is 0 Å². The summed E-state index contributed by atoms with van der Waals surface area (Å²) in [4.78, 5) is 17.2. The first-order valence-corrected chi connectivity index (χ1v) is 12.3. The molecule has 1 aliphatic heterocycles. The predicted octanol–water partition coefficient (Wildman–Crippen LogP) is 6.28. The number of carbonyl (C=O) groups excluding carboxylic acids is 1. The van der Waals surface area contributed by atoms with Crippen LogP contribution < -0.4 is 4.90 Å². The van der Waals surface area contributed by atoms with Crippen LogP contribution in [0, 0.1) is 19.7 Å². The average molecular weight is 523 g/mol. The van der Waals surface area contributed by atoms with E-state index in [9.17, 15) is 22.4 Å². The van der Waals surface area contributed by atoms with E-state index < -0.39 is 17.6 Å². The molecule has 9 heteroatoms. The van der Waals surface area contributed by atoms with Crippen molar-refractivity contribution in [3.8, 4) is 16.9 Å². The molecule has 1 fully saturated rings. The van der Waals surface area contributed by atoms with Gasteiger partial charge in [0.15, 0.2) is 0 Å². The zero-order valence-corrected chi connectivity index (χ0v) is 21.0. The third-order valence-electron chi connectivity index (χ3n) is 6.76. The minimum absolute atomic E-state index is 0.274. The topological polar surface area (TPSA) is 41.4 Å². The summed E-state index contributed by atoms with van der Waals surface area (Å²) in [6, 6.07) is 18.9. The van der Waals surface area contributed by atoms with Gasteiger partial charge in [-0.3, -0.25) is 4.79 Å². The smallest absolute Gasteiger partial charge is 0.368 e. The standard InChI is InChI=1S/C29H26F4N4O/c1-19-10-11-26(20(2)16-19)37-27(18-25(34-37)23-8-3-4-9-24(23)30)28(38)36-14-12-35(13-15-36)22-7-5-6-21(17-22)29(31,32)33/h3-11,16-18H,12-15H2,1-2H3. The zero-order chi connectivity index (χ0) is 27.0. The van der Waals surface area contributed by atoms with Gasteiger partial charge in [0, 0.05) is 37.4 Å². The lowest BCUT2D eigenvalue weighted by atomic mass is 10.1. The summed E-state index contributed by atoms with van der Waals surface area (Å²) in [7, 11) is 0. The van der Waals surface area contributed by atoms with Crippen LogP contribution in [0.2, 0.25) is 0 Å². The largest absolute Gasteiger partial charge is 0.416 e. The van der Waals surface area contributed by atoms with Crippen LogP contribution in [0.25, 0.3) is 16.9 Å². The Hall–Kier alpha value is -4.14. The Bertz CT molecular complexity index is 1490. The van der Waals surface area contributed by atoms with E-state index >= 15 is 0 Å². The minimum atomic E-state index is -4.42. The van der Waals surface area contributed by atoms with Crippen LogP contribution in [-0.2, 0) is 6.18 Å². The number of nitrogens with zero attached hydrogens (tertiary/aromatic N) is 4. The molecule has 1 saturated heterocycles. The van der Waals surface area contributed by atoms with E-state index in [-0.39, 0.29) is 5.91 Å². The quantitative estimate of drug-likeness (QED) is 0.297. The number of piperazine rings is 1. The number of hydrogen-bond donors (Lipinski definition) is 0. The zero-order valence-electron chi connectivity index (χ0n) is 21.0. The van der Waals surface area contributed by atoms with E-state index in [1.165, 1.54) is 12.1 Å². The van der Waals surface area contributed by atoms with E-state index in [0.717, 1.165) is 23.3 Å². The van der Waals surface area contributed by atoms with Gasteiger partial charge in [0.2, 0.25) is 0 Å². The highest BCUT2D eigenvalue weighted by Crippen LogP contribution is 2.32. The first-order chi connectivity index (χ1) is 18.1. The first-order valence-electron chi connectivity index (χ1n) is 12.3. The number of benzene rings is 3. The molecule has 1 aliphatic rings. The van der Waals surface area contributed by atoms with E-state index in [4.69, 9.17) is 0 Å². The second-order valence-electron chi connectivity index (χ2n) is 9.42. The van der Waals surface area contributed by atoms with E-state index in [2.05, 4.69) is 5.10 Å². The Morgan fingerprint density at radius 2 is 1.61 bits per heavy atom. The van der Waals surface area contributed by atoms with Crippen LogP contribution in [0.4, 0.5) is 23.2 Å². The van der Waals surface area contributed by atoms with Gasteiger partial charge in [-0.15, -0.1) is 0 Å². The molecule has 0 bridgehead atoms. The van der Waals surface area contributed by atoms with E-state index in [1.807, 2.05) is 36.9 Å². The van der Waals surface area contributed by atoms with Crippen molar-refractivity contribution in [2.45, 2.75) is 20.0 Å². The molecule has 5 rings (SSSR count). The number of carbonyl (C=O) groups is 1. The van der Waals surface area contributed by atoms with Crippen molar-refractivity contribution >= 4 is 11.6 Å². The molecule has 1 aromatic heterocycles.